The SMILES string of the molecule is C[C@H](NC(=O)c1ccco1)c1nnc2n1CCN(Cc1ccccc1O)CC2. The highest BCUT2D eigenvalue weighted by atomic mass is 16.3. The minimum absolute atomic E-state index is 0.273. The molecule has 146 valence electrons. The quantitative estimate of drug-likeness (QED) is 0.703. The van der Waals surface area contributed by atoms with E-state index in [9.17, 15) is 9.90 Å². The number of rotatable bonds is 5. The standard InChI is InChI=1S/C20H23N5O3/c1-14(21-20(27)17-7-4-12-28-17)19-23-22-18-8-9-24(10-11-25(18)19)13-15-5-2-3-6-16(15)26/h2-7,12,14,26H,8-11,13H2,1H3,(H,21,27)/t14-/m0/s1. The lowest BCUT2D eigenvalue weighted by Gasteiger charge is -2.20. The van der Waals surface area contributed by atoms with Crippen LogP contribution in [0.4, 0.5) is 0 Å². The van der Waals surface area contributed by atoms with E-state index in [-0.39, 0.29) is 17.7 Å². The first-order chi connectivity index (χ1) is 13.6. The number of furan rings is 1. The number of para-hydroxylation sites is 1. The van der Waals surface area contributed by atoms with Crippen LogP contribution >= 0.6 is 0 Å². The number of amides is 1. The minimum Gasteiger partial charge on any atom is -0.508 e. The molecule has 4 rings (SSSR count). The zero-order valence-corrected chi connectivity index (χ0v) is 15.7. The van der Waals surface area contributed by atoms with Gasteiger partial charge in [0.25, 0.3) is 5.91 Å². The van der Waals surface area contributed by atoms with E-state index in [1.807, 2.05) is 25.1 Å². The average Bonchev–Trinajstić information content (AvgIpc) is 3.32. The van der Waals surface area contributed by atoms with E-state index >= 15 is 0 Å². The van der Waals surface area contributed by atoms with Crippen molar-refractivity contribution in [1.29, 1.82) is 0 Å². The predicted octanol–water partition coefficient (Wildman–Crippen LogP) is 2.13. The van der Waals surface area contributed by atoms with Gasteiger partial charge < -0.3 is 19.4 Å². The van der Waals surface area contributed by atoms with Gasteiger partial charge in [-0.05, 0) is 25.1 Å². The molecule has 1 atom stereocenters. The van der Waals surface area contributed by atoms with Crippen molar-refractivity contribution < 1.29 is 14.3 Å². The first-order valence-electron chi connectivity index (χ1n) is 9.37. The van der Waals surface area contributed by atoms with Crippen molar-refractivity contribution in [3.05, 3.63) is 65.6 Å². The molecule has 2 aromatic heterocycles. The van der Waals surface area contributed by atoms with E-state index in [1.54, 1.807) is 18.2 Å². The van der Waals surface area contributed by atoms with Crippen LogP contribution in [0, 0.1) is 0 Å². The normalized spacial score (nSPS) is 15.6. The molecule has 1 aliphatic heterocycles. The third kappa shape index (κ3) is 3.77. The van der Waals surface area contributed by atoms with Crippen molar-refractivity contribution in [2.45, 2.75) is 32.5 Å². The lowest BCUT2D eigenvalue weighted by atomic mass is 10.2. The van der Waals surface area contributed by atoms with Crippen molar-refractivity contribution >= 4 is 5.91 Å². The van der Waals surface area contributed by atoms with Gasteiger partial charge in [-0.15, -0.1) is 10.2 Å². The molecule has 3 aromatic rings. The van der Waals surface area contributed by atoms with Gasteiger partial charge in [-0.3, -0.25) is 9.69 Å². The van der Waals surface area contributed by atoms with Gasteiger partial charge in [-0.1, -0.05) is 18.2 Å². The Morgan fingerprint density at radius 3 is 2.86 bits per heavy atom. The topological polar surface area (TPSA) is 96.4 Å². The van der Waals surface area contributed by atoms with Gasteiger partial charge in [0, 0.05) is 38.2 Å². The predicted molar refractivity (Wildman–Crippen MR) is 102 cm³/mol. The summed E-state index contributed by atoms with van der Waals surface area (Å²) in [5, 5.41) is 21.6. The third-order valence-electron chi connectivity index (χ3n) is 5.01. The van der Waals surface area contributed by atoms with E-state index in [2.05, 4.69) is 25.0 Å². The largest absolute Gasteiger partial charge is 0.508 e. The van der Waals surface area contributed by atoms with E-state index in [4.69, 9.17) is 4.42 Å². The second-order valence-electron chi connectivity index (χ2n) is 6.95. The first kappa shape index (κ1) is 18.2. The highest BCUT2D eigenvalue weighted by Crippen LogP contribution is 2.20. The van der Waals surface area contributed by atoms with E-state index < -0.39 is 0 Å². The molecule has 1 aliphatic rings. The van der Waals surface area contributed by atoms with Crippen LogP contribution in [0.1, 0.15) is 40.7 Å². The number of aromatic hydroxyl groups is 1. The summed E-state index contributed by atoms with van der Waals surface area (Å²) < 4.78 is 7.23. The Labute approximate surface area is 162 Å². The van der Waals surface area contributed by atoms with E-state index in [0.29, 0.717) is 12.3 Å². The number of hydrogen-bond acceptors (Lipinski definition) is 6. The van der Waals surface area contributed by atoms with Crippen molar-refractivity contribution in [2.75, 3.05) is 13.1 Å². The molecule has 0 saturated carbocycles. The summed E-state index contributed by atoms with van der Waals surface area (Å²) in [5.41, 5.74) is 0.916. The van der Waals surface area contributed by atoms with Gasteiger partial charge in [0.05, 0.1) is 12.3 Å². The number of phenolic OH excluding ortho intramolecular Hbond substituents is 1. The summed E-state index contributed by atoms with van der Waals surface area (Å²) in [6.45, 7) is 4.95. The molecule has 0 unspecified atom stereocenters. The Bertz CT molecular complexity index is 951. The molecule has 0 aliphatic carbocycles. The van der Waals surface area contributed by atoms with Crippen LogP contribution in [0.5, 0.6) is 5.75 Å². The summed E-state index contributed by atoms with van der Waals surface area (Å²) in [6, 6.07) is 10.4. The number of benzene rings is 1. The fourth-order valence-corrected chi connectivity index (χ4v) is 3.49. The van der Waals surface area contributed by atoms with Crippen LogP contribution in [0.2, 0.25) is 0 Å². The molecular weight excluding hydrogens is 358 g/mol. The maximum atomic E-state index is 12.2. The number of phenols is 1. The average molecular weight is 381 g/mol. The fourth-order valence-electron chi connectivity index (χ4n) is 3.49. The molecule has 8 heteroatoms. The number of carbonyl (C=O) groups is 1. The maximum absolute atomic E-state index is 12.2. The molecule has 0 saturated heterocycles. The molecule has 28 heavy (non-hydrogen) atoms. The van der Waals surface area contributed by atoms with Crippen LogP contribution in [-0.2, 0) is 19.5 Å². The Balaban J connectivity index is 1.43. The van der Waals surface area contributed by atoms with Crippen molar-refractivity contribution in [3.8, 4) is 5.75 Å². The molecule has 8 nitrogen and oxygen atoms in total. The number of nitrogens with one attached hydrogen (secondary N) is 1. The van der Waals surface area contributed by atoms with Gasteiger partial charge in [0.1, 0.15) is 11.6 Å². The molecule has 2 N–H and O–H groups in total. The van der Waals surface area contributed by atoms with Gasteiger partial charge in [-0.25, -0.2) is 0 Å². The highest BCUT2D eigenvalue weighted by Gasteiger charge is 2.23. The summed E-state index contributed by atoms with van der Waals surface area (Å²) in [5.74, 6) is 1.97. The highest BCUT2D eigenvalue weighted by molar-refractivity contribution is 5.91. The molecule has 0 spiro atoms. The number of aromatic nitrogens is 3. The van der Waals surface area contributed by atoms with E-state index in [0.717, 1.165) is 43.3 Å². The maximum Gasteiger partial charge on any atom is 0.287 e. The fraction of sp³-hybridized carbons (Fsp3) is 0.350. The van der Waals surface area contributed by atoms with Crippen molar-refractivity contribution in [3.63, 3.8) is 0 Å². The second-order valence-corrected chi connectivity index (χ2v) is 6.95. The molecule has 0 radical (unpaired) electrons. The molecule has 3 heterocycles. The molecule has 0 bridgehead atoms. The third-order valence-corrected chi connectivity index (χ3v) is 5.01. The van der Waals surface area contributed by atoms with Crippen LogP contribution in [0.25, 0.3) is 0 Å². The monoisotopic (exact) mass is 381 g/mol. The zero-order valence-electron chi connectivity index (χ0n) is 15.7. The minimum atomic E-state index is -0.288. The van der Waals surface area contributed by atoms with Crippen LogP contribution < -0.4 is 5.32 Å². The van der Waals surface area contributed by atoms with Gasteiger partial charge in [0.2, 0.25) is 0 Å². The van der Waals surface area contributed by atoms with Crippen molar-refractivity contribution in [2.24, 2.45) is 0 Å². The molecular formula is C20H23N5O3. The van der Waals surface area contributed by atoms with Crippen LogP contribution in [0.3, 0.4) is 0 Å². The van der Waals surface area contributed by atoms with Crippen molar-refractivity contribution in [1.82, 2.24) is 25.0 Å². The Morgan fingerprint density at radius 1 is 1.21 bits per heavy atom. The van der Waals surface area contributed by atoms with Crippen LogP contribution in [0.15, 0.2) is 47.1 Å². The molecule has 0 fully saturated rings. The Kier molecular flexibility index (Phi) is 5.12. The number of fused-ring (bicyclic) bond motifs is 1. The van der Waals surface area contributed by atoms with Gasteiger partial charge in [-0.2, -0.15) is 0 Å². The number of hydrogen-bond donors (Lipinski definition) is 2. The van der Waals surface area contributed by atoms with Crippen LogP contribution in [-0.4, -0.2) is 43.8 Å². The molecule has 1 aromatic carbocycles. The Hall–Kier alpha value is -3.13. The van der Waals surface area contributed by atoms with Gasteiger partial charge in [0.15, 0.2) is 11.6 Å². The second kappa shape index (κ2) is 7.85. The number of carbonyl (C=O) groups excluding carboxylic acids is 1. The summed E-state index contributed by atoms with van der Waals surface area (Å²) in [6.07, 6.45) is 2.24. The summed E-state index contributed by atoms with van der Waals surface area (Å²) in [4.78, 5) is 14.5. The summed E-state index contributed by atoms with van der Waals surface area (Å²) in [7, 11) is 0. The smallest absolute Gasteiger partial charge is 0.287 e. The van der Waals surface area contributed by atoms with E-state index in [1.165, 1.54) is 6.26 Å². The Morgan fingerprint density at radius 2 is 2.07 bits per heavy atom. The summed E-state index contributed by atoms with van der Waals surface area (Å²) >= 11 is 0. The lowest BCUT2D eigenvalue weighted by Crippen LogP contribution is -2.30. The number of nitrogens with zero attached hydrogens (tertiary/aromatic N) is 4. The van der Waals surface area contributed by atoms with Gasteiger partial charge >= 0.3 is 0 Å². The first-order valence-corrected chi connectivity index (χ1v) is 9.37. The zero-order chi connectivity index (χ0) is 19.5. The molecule has 1 amide bonds. The lowest BCUT2D eigenvalue weighted by molar-refractivity contribution is 0.0909.